The van der Waals surface area contributed by atoms with Gasteiger partial charge in [-0.25, -0.2) is 0 Å². The molecule has 138 valence electrons. The molecule has 1 saturated heterocycles. The van der Waals surface area contributed by atoms with E-state index in [1.54, 1.807) is 0 Å². The highest BCUT2D eigenvalue weighted by Crippen LogP contribution is 2.19. The van der Waals surface area contributed by atoms with Crippen molar-refractivity contribution in [2.75, 3.05) is 37.8 Å². The topological polar surface area (TPSA) is 50.8 Å². The van der Waals surface area contributed by atoms with Crippen LogP contribution in [0.3, 0.4) is 0 Å². The van der Waals surface area contributed by atoms with Crippen LogP contribution < -0.4 is 15.0 Å². The second-order valence-electron chi connectivity index (χ2n) is 6.60. The maximum Gasteiger partial charge on any atom is 0.258 e. The van der Waals surface area contributed by atoms with Crippen LogP contribution in [0.15, 0.2) is 42.5 Å². The van der Waals surface area contributed by atoms with E-state index in [4.69, 9.17) is 9.47 Å². The van der Waals surface area contributed by atoms with E-state index in [9.17, 15) is 4.79 Å². The molecule has 1 aliphatic heterocycles. The average Bonchev–Trinajstić information content (AvgIpc) is 2.68. The van der Waals surface area contributed by atoms with Crippen LogP contribution in [-0.2, 0) is 16.1 Å². The summed E-state index contributed by atoms with van der Waals surface area (Å²) in [6, 6.07) is 14.3. The summed E-state index contributed by atoms with van der Waals surface area (Å²) in [4.78, 5) is 14.4. The summed E-state index contributed by atoms with van der Waals surface area (Å²) in [6.45, 7) is 7.90. The van der Waals surface area contributed by atoms with Crippen LogP contribution in [-0.4, -0.2) is 38.8 Å². The molecule has 0 saturated carbocycles. The van der Waals surface area contributed by atoms with Crippen molar-refractivity contribution in [1.82, 2.24) is 5.32 Å². The molecule has 2 aromatic rings. The van der Waals surface area contributed by atoms with Crippen molar-refractivity contribution in [3.8, 4) is 5.75 Å². The zero-order valence-electron chi connectivity index (χ0n) is 15.5. The second-order valence-corrected chi connectivity index (χ2v) is 6.60. The van der Waals surface area contributed by atoms with Gasteiger partial charge in [0.1, 0.15) is 5.75 Å². The van der Waals surface area contributed by atoms with Crippen LogP contribution in [0.1, 0.15) is 16.7 Å². The van der Waals surface area contributed by atoms with Gasteiger partial charge in [-0.3, -0.25) is 4.79 Å². The highest BCUT2D eigenvalue weighted by atomic mass is 16.5. The number of benzene rings is 2. The van der Waals surface area contributed by atoms with E-state index in [1.165, 1.54) is 5.69 Å². The summed E-state index contributed by atoms with van der Waals surface area (Å²) in [5.41, 5.74) is 4.41. The van der Waals surface area contributed by atoms with Crippen LogP contribution in [0.25, 0.3) is 0 Å². The number of ether oxygens (including phenoxy) is 2. The largest absolute Gasteiger partial charge is 0.483 e. The Hall–Kier alpha value is -2.53. The highest BCUT2D eigenvalue weighted by Gasteiger charge is 2.11. The van der Waals surface area contributed by atoms with Gasteiger partial charge < -0.3 is 19.7 Å². The Morgan fingerprint density at radius 3 is 2.58 bits per heavy atom. The van der Waals surface area contributed by atoms with E-state index in [-0.39, 0.29) is 12.5 Å². The maximum absolute atomic E-state index is 12.0. The first kappa shape index (κ1) is 18.3. The first-order valence-corrected chi connectivity index (χ1v) is 9.00. The average molecular weight is 354 g/mol. The van der Waals surface area contributed by atoms with E-state index in [1.807, 2.05) is 32.0 Å². The van der Waals surface area contributed by atoms with E-state index in [0.717, 1.165) is 48.7 Å². The third-order valence-corrected chi connectivity index (χ3v) is 4.50. The lowest BCUT2D eigenvalue weighted by atomic mass is 10.1. The van der Waals surface area contributed by atoms with Crippen molar-refractivity contribution < 1.29 is 14.3 Å². The molecule has 1 aliphatic rings. The Morgan fingerprint density at radius 2 is 1.85 bits per heavy atom. The van der Waals surface area contributed by atoms with E-state index >= 15 is 0 Å². The molecule has 1 heterocycles. The number of carbonyl (C=O) groups is 1. The number of carbonyl (C=O) groups excluding carboxylic acids is 1. The monoisotopic (exact) mass is 354 g/mol. The van der Waals surface area contributed by atoms with Gasteiger partial charge in [-0.1, -0.05) is 24.3 Å². The summed E-state index contributed by atoms with van der Waals surface area (Å²) >= 11 is 0. The third-order valence-electron chi connectivity index (χ3n) is 4.50. The van der Waals surface area contributed by atoms with Crippen molar-refractivity contribution in [3.05, 3.63) is 59.2 Å². The summed E-state index contributed by atoms with van der Waals surface area (Å²) in [5.74, 6) is 0.637. The maximum atomic E-state index is 12.0. The van der Waals surface area contributed by atoms with Crippen LogP contribution in [0, 0.1) is 13.8 Å². The Bertz CT molecular complexity index is 737. The van der Waals surface area contributed by atoms with Crippen molar-refractivity contribution >= 4 is 11.6 Å². The quantitative estimate of drug-likeness (QED) is 0.867. The highest BCUT2D eigenvalue weighted by molar-refractivity contribution is 5.77. The summed E-state index contributed by atoms with van der Waals surface area (Å²) < 4.78 is 11.0. The molecule has 3 rings (SSSR count). The number of rotatable bonds is 6. The molecular weight excluding hydrogens is 328 g/mol. The van der Waals surface area contributed by atoms with Gasteiger partial charge in [0.25, 0.3) is 5.91 Å². The summed E-state index contributed by atoms with van der Waals surface area (Å²) in [7, 11) is 0. The van der Waals surface area contributed by atoms with Crippen molar-refractivity contribution in [3.63, 3.8) is 0 Å². The summed E-state index contributed by atoms with van der Waals surface area (Å²) in [6.07, 6.45) is 0. The Morgan fingerprint density at radius 1 is 1.12 bits per heavy atom. The van der Waals surface area contributed by atoms with Gasteiger partial charge in [0, 0.05) is 25.3 Å². The minimum absolute atomic E-state index is 0.0240. The van der Waals surface area contributed by atoms with Crippen LogP contribution >= 0.6 is 0 Å². The molecule has 1 fully saturated rings. The van der Waals surface area contributed by atoms with Gasteiger partial charge in [-0.15, -0.1) is 0 Å². The lowest BCUT2D eigenvalue weighted by Gasteiger charge is -2.28. The van der Waals surface area contributed by atoms with Gasteiger partial charge in [0.2, 0.25) is 0 Å². The molecule has 2 aromatic carbocycles. The van der Waals surface area contributed by atoms with Crippen LogP contribution in [0.2, 0.25) is 0 Å². The zero-order chi connectivity index (χ0) is 18.4. The normalized spacial score (nSPS) is 14.2. The number of anilines is 1. The van der Waals surface area contributed by atoms with Crippen LogP contribution in [0.4, 0.5) is 5.69 Å². The fourth-order valence-corrected chi connectivity index (χ4v) is 2.90. The van der Waals surface area contributed by atoms with Gasteiger partial charge in [0.15, 0.2) is 6.61 Å². The molecule has 0 radical (unpaired) electrons. The molecular formula is C21H26N2O3. The minimum Gasteiger partial charge on any atom is -0.483 e. The second kappa shape index (κ2) is 8.72. The molecule has 0 atom stereocenters. The van der Waals surface area contributed by atoms with Gasteiger partial charge in [0.05, 0.1) is 13.2 Å². The molecule has 0 bridgehead atoms. The lowest BCUT2D eigenvalue weighted by molar-refractivity contribution is -0.123. The number of hydrogen-bond donors (Lipinski definition) is 1. The predicted molar refractivity (Wildman–Crippen MR) is 103 cm³/mol. The zero-order valence-corrected chi connectivity index (χ0v) is 15.5. The first-order valence-electron chi connectivity index (χ1n) is 9.00. The van der Waals surface area contributed by atoms with E-state index < -0.39 is 0 Å². The Kier molecular flexibility index (Phi) is 6.12. The van der Waals surface area contributed by atoms with Gasteiger partial charge in [-0.2, -0.15) is 0 Å². The van der Waals surface area contributed by atoms with Crippen molar-refractivity contribution in [1.29, 1.82) is 0 Å². The van der Waals surface area contributed by atoms with Gasteiger partial charge in [-0.05, 0) is 48.7 Å². The number of aryl methyl sites for hydroxylation is 2. The molecule has 0 aromatic heterocycles. The molecule has 0 unspecified atom stereocenters. The van der Waals surface area contributed by atoms with Crippen molar-refractivity contribution in [2.45, 2.75) is 20.4 Å². The molecule has 0 spiro atoms. The fourth-order valence-electron chi connectivity index (χ4n) is 2.90. The molecule has 1 N–H and O–H groups in total. The minimum atomic E-state index is -0.122. The van der Waals surface area contributed by atoms with Gasteiger partial charge >= 0.3 is 0 Å². The molecule has 1 amide bonds. The number of nitrogens with zero attached hydrogens (tertiary/aromatic N) is 1. The predicted octanol–water partition coefficient (Wildman–Crippen LogP) is 2.84. The number of hydrogen-bond acceptors (Lipinski definition) is 4. The van der Waals surface area contributed by atoms with E-state index in [0.29, 0.717) is 6.54 Å². The molecule has 5 nitrogen and oxygen atoms in total. The number of morpholine rings is 1. The summed E-state index contributed by atoms with van der Waals surface area (Å²) in [5, 5.41) is 2.90. The standard InChI is InChI=1S/C21H26N2O3/c1-16-3-4-17(2)20(13-16)26-15-21(24)22-14-18-5-7-19(8-6-18)23-9-11-25-12-10-23/h3-8,13H,9-12,14-15H2,1-2H3,(H,22,24). The Balaban J connectivity index is 1.46. The number of nitrogens with one attached hydrogen (secondary N) is 1. The number of amides is 1. The molecule has 26 heavy (non-hydrogen) atoms. The molecule has 5 heteroatoms. The van der Waals surface area contributed by atoms with Crippen LogP contribution in [0.5, 0.6) is 5.75 Å². The molecule has 0 aliphatic carbocycles. The lowest BCUT2D eigenvalue weighted by Crippen LogP contribution is -2.36. The van der Waals surface area contributed by atoms with E-state index in [2.05, 4.69) is 34.5 Å². The SMILES string of the molecule is Cc1ccc(C)c(OCC(=O)NCc2ccc(N3CCOCC3)cc2)c1. The van der Waals surface area contributed by atoms with Crippen molar-refractivity contribution in [2.24, 2.45) is 0 Å². The Labute approximate surface area is 154 Å². The fraction of sp³-hybridized carbons (Fsp3) is 0.381. The first-order chi connectivity index (χ1) is 12.6. The third kappa shape index (κ3) is 4.99. The smallest absolute Gasteiger partial charge is 0.258 e.